The van der Waals surface area contributed by atoms with Crippen molar-refractivity contribution < 1.29 is 13.2 Å². The van der Waals surface area contributed by atoms with Crippen LogP contribution < -0.4 is 10.6 Å². The summed E-state index contributed by atoms with van der Waals surface area (Å²) in [7, 11) is 0. The van der Waals surface area contributed by atoms with Crippen molar-refractivity contribution in [2.24, 2.45) is 0 Å². The normalized spacial score (nSPS) is 22.1. The van der Waals surface area contributed by atoms with Crippen LogP contribution in [0.5, 0.6) is 0 Å². The summed E-state index contributed by atoms with van der Waals surface area (Å²) in [4.78, 5) is 4.37. The molecule has 2 heterocycles. The Labute approximate surface area is 183 Å². The van der Waals surface area contributed by atoms with Gasteiger partial charge in [-0.1, -0.05) is 24.3 Å². The SMILES string of the molecule is FC(F)(F)c1ccc(NC(=S)NC2CCC3(CC2)c2ccccc2-c2cncn23)cc1. The molecule has 1 aromatic heterocycles. The number of benzene rings is 2. The second-order valence-electron chi connectivity index (χ2n) is 8.17. The Morgan fingerprint density at radius 2 is 1.77 bits per heavy atom. The first kappa shape index (κ1) is 20.1. The highest BCUT2D eigenvalue weighted by atomic mass is 32.1. The van der Waals surface area contributed by atoms with Gasteiger partial charge in [0.1, 0.15) is 0 Å². The molecule has 1 aliphatic carbocycles. The molecule has 4 nitrogen and oxygen atoms in total. The van der Waals surface area contributed by atoms with Crippen LogP contribution >= 0.6 is 12.2 Å². The number of fused-ring (bicyclic) bond motifs is 5. The standard InChI is InChI=1S/C23H21F3N4S/c24-23(25,26)15-5-7-16(8-6-15)28-21(31)29-17-9-11-22(12-10-17)19-4-2-1-3-18(19)20-13-27-14-30(20)22/h1-8,13-14,17H,9-12H2,(H2,28,29,31). The number of imidazole rings is 1. The van der Waals surface area contributed by atoms with Gasteiger partial charge in [0.15, 0.2) is 5.11 Å². The molecule has 0 atom stereocenters. The molecule has 31 heavy (non-hydrogen) atoms. The number of halogens is 3. The van der Waals surface area contributed by atoms with Gasteiger partial charge in [0, 0.05) is 17.3 Å². The molecule has 3 aromatic rings. The molecule has 0 bridgehead atoms. The van der Waals surface area contributed by atoms with Crippen LogP contribution in [-0.4, -0.2) is 20.7 Å². The first-order valence-corrected chi connectivity index (χ1v) is 10.7. The molecule has 1 saturated carbocycles. The van der Waals surface area contributed by atoms with Crippen molar-refractivity contribution in [3.05, 3.63) is 72.2 Å². The lowest BCUT2D eigenvalue weighted by Gasteiger charge is -2.40. The van der Waals surface area contributed by atoms with Crippen molar-refractivity contribution in [1.29, 1.82) is 0 Å². The van der Waals surface area contributed by atoms with Gasteiger partial charge in [-0.2, -0.15) is 13.2 Å². The second-order valence-corrected chi connectivity index (χ2v) is 8.58. The van der Waals surface area contributed by atoms with Gasteiger partial charge in [-0.3, -0.25) is 0 Å². The number of alkyl halides is 3. The maximum atomic E-state index is 12.7. The number of anilines is 1. The Kier molecular flexibility index (Phi) is 4.77. The van der Waals surface area contributed by atoms with Crippen LogP contribution in [0.3, 0.4) is 0 Å². The Bertz CT molecular complexity index is 1110. The first-order chi connectivity index (χ1) is 14.9. The zero-order valence-corrected chi connectivity index (χ0v) is 17.4. The minimum absolute atomic E-state index is 0.0664. The van der Waals surface area contributed by atoms with Crippen molar-refractivity contribution in [3.8, 4) is 11.3 Å². The molecule has 0 radical (unpaired) electrons. The summed E-state index contributed by atoms with van der Waals surface area (Å²) in [6.07, 6.45) is 3.31. The van der Waals surface area contributed by atoms with Gasteiger partial charge >= 0.3 is 6.18 Å². The summed E-state index contributed by atoms with van der Waals surface area (Å²) in [5, 5.41) is 6.75. The average Bonchev–Trinajstić information content (AvgIpc) is 3.32. The third kappa shape index (κ3) is 3.48. The van der Waals surface area contributed by atoms with E-state index in [2.05, 4.69) is 44.5 Å². The summed E-state index contributed by atoms with van der Waals surface area (Å²) in [5.74, 6) is 0. The molecule has 0 amide bonds. The Balaban J connectivity index is 1.23. The third-order valence-electron chi connectivity index (χ3n) is 6.42. The molecule has 8 heteroatoms. The summed E-state index contributed by atoms with van der Waals surface area (Å²) >= 11 is 5.40. The molecule has 160 valence electrons. The van der Waals surface area contributed by atoms with Gasteiger partial charge in [0.25, 0.3) is 0 Å². The Hall–Kier alpha value is -2.87. The van der Waals surface area contributed by atoms with Crippen molar-refractivity contribution >= 4 is 23.0 Å². The molecule has 2 aliphatic rings. The number of hydrogen-bond donors (Lipinski definition) is 2. The zero-order valence-electron chi connectivity index (χ0n) is 16.6. The Morgan fingerprint density at radius 3 is 2.48 bits per heavy atom. The topological polar surface area (TPSA) is 41.9 Å². The molecule has 1 spiro atoms. The van der Waals surface area contributed by atoms with E-state index in [1.807, 2.05) is 12.5 Å². The molecule has 1 fully saturated rings. The first-order valence-electron chi connectivity index (χ1n) is 10.2. The Morgan fingerprint density at radius 1 is 1.06 bits per heavy atom. The van der Waals surface area contributed by atoms with E-state index in [0.29, 0.717) is 10.8 Å². The molecular weight excluding hydrogens is 421 g/mol. The number of nitrogens with one attached hydrogen (secondary N) is 2. The van der Waals surface area contributed by atoms with Crippen LogP contribution in [-0.2, 0) is 11.7 Å². The number of rotatable bonds is 2. The fourth-order valence-corrected chi connectivity index (χ4v) is 5.21. The number of thiocarbonyl (C=S) groups is 1. The second kappa shape index (κ2) is 7.37. The molecule has 2 N–H and O–H groups in total. The van der Waals surface area contributed by atoms with Gasteiger partial charge in [-0.25, -0.2) is 4.98 Å². The minimum Gasteiger partial charge on any atom is -0.360 e. The largest absolute Gasteiger partial charge is 0.416 e. The fraction of sp³-hybridized carbons (Fsp3) is 0.304. The maximum absolute atomic E-state index is 12.7. The summed E-state index contributed by atoms with van der Waals surface area (Å²) < 4.78 is 40.5. The minimum atomic E-state index is -4.34. The highest BCUT2D eigenvalue weighted by Gasteiger charge is 2.45. The summed E-state index contributed by atoms with van der Waals surface area (Å²) in [6.45, 7) is 0. The molecule has 1 aliphatic heterocycles. The number of aromatic nitrogens is 2. The smallest absolute Gasteiger partial charge is 0.360 e. The molecule has 5 rings (SSSR count). The third-order valence-corrected chi connectivity index (χ3v) is 6.64. The van der Waals surface area contributed by atoms with Crippen LogP contribution in [0.15, 0.2) is 61.1 Å². The summed E-state index contributed by atoms with van der Waals surface area (Å²) in [5.41, 5.74) is 3.57. The van der Waals surface area contributed by atoms with Gasteiger partial charge in [0.05, 0.1) is 29.3 Å². The van der Waals surface area contributed by atoms with Gasteiger partial charge in [0.2, 0.25) is 0 Å². The van der Waals surface area contributed by atoms with Crippen molar-refractivity contribution in [2.45, 2.75) is 43.4 Å². The monoisotopic (exact) mass is 442 g/mol. The van der Waals surface area contributed by atoms with E-state index >= 15 is 0 Å². The predicted molar refractivity (Wildman–Crippen MR) is 118 cm³/mol. The number of nitrogens with zero attached hydrogens (tertiary/aromatic N) is 2. The van der Waals surface area contributed by atoms with Crippen LogP contribution in [0.4, 0.5) is 18.9 Å². The fourth-order valence-electron chi connectivity index (χ4n) is 4.92. The van der Waals surface area contributed by atoms with Crippen molar-refractivity contribution in [3.63, 3.8) is 0 Å². The summed E-state index contributed by atoms with van der Waals surface area (Å²) in [6, 6.07) is 13.6. The average molecular weight is 443 g/mol. The van der Waals surface area contributed by atoms with E-state index in [9.17, 15) is 13.2 Å². The van der Waals surface area contributed by atoms with E-state index < -0.39 is 11.7 Å². The van der Waals surface area contributed by atoms with Gasteiger partial charge in [-0.15, -0.1) is 0 Å². The van der Waals surface area contributed by atoms with Crippen molar-refractivity contribution in [1.82, 2.24) is 14.9 Å². The van der Waals surface area contributed by atoms with E-state index in [4.69, 9.17) is 12.2 Å². The van der Waals surface area contributed by atoms with E-state index in [1.165, 1.54) is 29.0 Å². The predicted octanol–water partition coefficient (Wildman–Crippen LogP) is 5.56. The lowest BCUT2D eigenvalue weighted by atomic mass is 9.75. The number of hydrogen-bond acceptors (Lipinski definition) is 2. The lowest BCUT2D eigenvalue weighted by molar-refractivity contribution is -0.137. The van der Waals surface area contributed by atoms with Crippen LogP contribution in [0.1, 0.15) is 36.8 Å². The highest BCUT2D eigenvalue weighted by molar-refractivity contribution is 7.80. The van der Waals surface area contributed by atoms with E-state index in [-0.39, 0.29) is 11.6 Å². The van der Waals surface area contributed by atoms with E-state index in [1.54, 1.807) is 0 Å². The highest BCUT2D eigenvalue weighted by Crippen LogP contribution is 2.50. The van der Waals surface area contributed by atoms with Crippen LogP contribution in [0.25, 0.3) is 11.3 Å². The molecule has 0 saturated heterocycles. The van der Waals surface area contributed by atoms with E-state index in [0.717, 1.165) is 37.8 Å². The maximum Gasteiger partial charge on any atom is 0.416 e. The quantitative estimate of drug-likeness (QED) is 0.511. The molecule has 2 aromatic carbocycles. The zero-order chi connectivity index (χ0) is 21.6. The lowest BCUT2D eigenvalue weighted by Crippen LogP contribution is -2.45. The molecule has 0 unspecified atom stereocenters. The van der Waals surface area contributed by atoms with Gasteiger partial charge < -0.3 is 15.2 Å². The van der Waals surface area contributed by atoms with Gasteiger partial charge in [-0.05, 0) is 67.7 Å². The van der Waals surface area contributed by atoms with Crippen LogP contribution in [0.2, 0.25) is 0 Å². The molecular formula is C23H21F3N4S. The van der Waals surface area contributed by atoms with Crippen LogP contribution in [0, 0.1) is 0 Å². The van der Waals surface area contributed by atoms with Crippen molar-refractivity contribution in [2.75, 3.05) is 5.32 Å².